The van der Waals surface area contributed by atoms with Gasteiger partial charge in [-0.15, -0.1) is 0 Å². The van der Waals surface area contributed by atoms with Gasteiger partial charge in [0.1, 0.15) is 0 Å². The molecular weight excluding hydrogens is 225 g/mol. The van der Waals surface area contributed by atoms with E-state index in [4.69, 9.17) is 19.5 Å². The number of carbonyl (C=O) groups is 1. The first-order chi connectivity index (χ1) is 8.08. The zero-order chi connectivity index (χ0) is 12.8. The molecule has 1 aromatic carbocycles. The van der Waals surface area contributed by atoms with E-state index >= 15 is 0 Å². The average molecular weight is 239 g/mol. The smallest absolute Gasteiger partial charge is 0.472 e. The van der Waals surface area contributed by atoms with E-state index in [2.05, 4.69) is 5.32 Å². The maximum atomic E-state index is 11.6. The van der Waals surface area contributed by atoms with Crippen LogP contribution in [0.5, 0.6) is 11.5 Å². The van der Waals surface area contributed by atoms with E-state index in [9.17, 15) is 4.79 Å². The van der Waals surface area contributed by atoms with Crippen LogP contribution in [0, 0.1) is 0 Å². The van der Waals surface area contributed by atoms with E-state index in [0.717, 1.165) is 0 Å². The Kier molecular flexibility index (Phi) is 4.80. The third-order valence-corrected chi connectivity index (χ3v) is 2.09. The summed E-state index contributed by atoms with van der Waals surface area (Å²) in [7, 11) is 1.40. The molecule has 0 bridgehead atoms. The van der Waals surface area contributed by atoms with Gasteiger partial charge in [-0.3, -0.25) is 4.79 Å². The number of carbonyl (C=O) groups excluding carboxylic acids is 1. The standard InChI is InChI=1S/C10H14BNO5/c1-16-8-4-3-7(5-9(8)17-2)10(13)12-6-11(14)15/h3-5,14-15H,6H2,1-2H3,(H,12,13). The Morgan fingerprint density at radius 2 is 1.94 bits per heavy atom. The van der Waals surface area contributed by atoms with Crippen LogP contribution in [0.25, 0.3) is 0 Å². The lowest BCUT2D eigenvalue weighted by atomic mass is 9.92. The minimum atomic E-state index is -1.57. The summed E-state index contributed by atoms with van der Waals surface area (Å²) in [4.78, 5) is 11.6. The fourth-order valence-corrected chi connectivity index (χ4v) is 1.26. The molecule has 0 atom stereocenters. The maximum absolute atomic E-state index is 11.6. The van der Waals surface area contributed by atoms with Crippen molar-refractivity contribution in [1.29, 1.82) is 0 Å². The molecule has 1 amide bonds. The maximum Gasteiger partial charge on any atom is 0.472 e. The molecule has 17 heavy (non-hydrogen) atoms. The Bertz CT molecular complexity index is 396. The highest BCUT2D eigenvalue weighted by molar-refractivity contribution is 6.41. The molecule has 6 nitrogen and oxygen atoms in total. The molecule has 0 aliphatic carbocycles. The summed E-state index contributed by atoms with van der Waals surface area (Å²) in [5.41, 5.74) is 0.350. The minimum absolute atomic E-state index is 0.229. The zero-order valence-electron chi connectivity index (χ0n) is 9.64. The van der Waals surface area contributed by atoms with E-state index in [1.807, 2.05) is 0 Å². The molecule has 0 spiro atoms. The van der Waals surface area contributed by atoms with Gasteiger partial charge in [-0.25, -0.2) is 0 Å². The van der Waals surface area contributed by atoms with Gasteiger partial charge >= 0.3 is 7.12 Å². The van der Waals surface area contributed by atoms with Crippen LogP contribution in [0.15, 0.2) is 18.2 Å². The highest BCUT2D eigenvalue weighted by Crippen LogP contribution is 2.27. The van der Waals surface area contributed by atoms with E-state index in [-0.39, 0.29) is 6.44 Å². The molecule has 0 saturated heterocycles. The molecule has 1 aromatic rings. The van der Waals surface area contributed by atoms with Gasteiger partial charge in [0.2, 0.25) is 0 Å². The number of amides is 1. The minimum Gasteiger partial charge on any atom is -0.493 e. The predicted molar refractivity (Wildman–Crippen MR) is 62.1 cm³/mol. The van der Waals surface area contributed by atoms with Crippen molar-refractivity contribution in [1.82, 2.24) is 5.32 Å². The Balaban J connectivity index is 2.81. The normalized spacial score (nSPS) is 9.65. The number of rotatable bonds is 5. The van der Waals surface area contributed by atoms with E-state index in [0.29, 0.717) is 17.1 Å². The van der Waals surface area contributed by atoms with Crippen LogP contribution in [0.2, 0.25) is 0 Å². The Morgan fingerprint density at radius 1 is 1.29 bits per heavy atom. The lowest BCUT2D eigenvalue weighted by molar-refractivity contribution is 0.0956. The van der Waals surface area contributed by atoms with Crippen LogP contribution in [0.4, 0.5) is 0 Å². The van der Waals surface area contributed by atoms with Gasteiger partial charge < -0.3 is 24.8 Å². The van der Waals surface area contributed by atoms with Crippen molar-refractivity contribution in [2.24, 2.45) is 0 Å². The van der Waals surface area contributed by atoms with Crippen molar-refractivity contribution in [2.45, 2.75) is 0 Å². The summed E-state index contributed by atoms with van der Waals surface area (Å²) < 4.78 is 10.1. The second-order valence-electron chi connectivity index (χ2n) is 3.26. The fraction of sp³-hybridized carbons (Fsp3) is 0.300. The first-order valence-corrected chi connectivity index (χ1v) is 4.95. The highest BCUT2D eigenvalue weighted by Gasteiger charge is 2.13. The van der Waals surface area contributed by atoms with Crippen LogP contribution in [-0.2, 0) is 0 Å². The van der Waals surface area contributed by atoms with Crippen LogP contribution in [-0.4, -0.2) is 43.7 Å². The summed E-state index contributed by atoms with van der Waals surface area (Å²) in [6.45, 7) is 0. The summed E-state index contributed by atoms with van der Waals surface area (Å²) in [5, 5.41) is 19.6. The van der Waals surface area contributed by atoms with Crippen LogP contribution in [0.3, 0.4) is 0 Å². The van der Waals surface area contributed by atoms with Crippen molar-refractivity contribution in [3.8, 4) is 11.5 Å². The molecule has 0 fully saturated rings. The molecule has 0 aromatic heterocycles. The zero-order valence-corrected chi connectivity index (χ0v) is 9.64. The summed E-state index contributed by atoms with van der Waals surface area (Å²) in [6.07, 6.45) is -0.229. The number of methoxy groups -OCH3 is 2. The van der Waals surface area contributed by atoms with Gasteiger partial charge in [0.15, 0.2) is 11.5 Å². The number of benzene rings is 1. The molecule has 0 aliphatic heterocycles. The lowest BCUT2D eigenvalue weighted by Crippen LogP contribution is -2.34. The first kappa shape index (κ1) is 13.3. The first-order valence-electron chi connectivity index (χ1n) is 4.95. The molecule has 7 heteroatoms. The van der Waals surface area contributed by atoms with Gasteiger partial charge in [-0.2, -0.15) is 0 Å². The fourth-order valence-electron chi connectivity index (χ4n) is 1.26. The number of nitrogens with one attached hydrogen (secondary N) is 1. The summed E-state index contributed by atoms with van der Waals surface area (Å²) in [6, 6.07) is 4.67. The van der Waals surface area contributed by atoms with Gasteiger partial charge in [-0.1, -0.05) is 0 Å². The second-order valence-corrected chi connectivity index (χ2v) is 3.26. The third kappa shape index (κ3) is 3.65. The van der Waals surface area contributed by atoms with Crippen LogP contribution >= 0.6 is 0 Å². The summed E-state index contributed by atoms with van der Waals surface area (Å²) >= 11 is 0. The number of ether oxygens (including phenoxy) is 2. The number of hydrogen-bond acceptors (Lipinski definition) is 5. The Morgan fingerprint density at radius 3 is 2.47 bits per heavy atom. The third-order valence-electron chi connectivity index (χ3n) is 2.09. The Labute approximate surface area is 99.3 Å². The molecule has 0 saturated carbocycles. The van der Waals surface area contributed by atoms with Crippen molar-refractivity contribution in [3.63, 3.8) is 0 Å². The molecular formula is C10H14BNO5. The van der Waals surface area contributed by atoms with E-state index < -0.39 is 13.0 Å². The van der Waals surface area contributed by atoms with Crippen molar-refractivity contribution >= 4 is 13.0 Å². The van der Waals surface area contributed by atoms with Gasteiger partial charge in [0.25, 0.3) is 5.91 Å². The Hall–Kier alpha value is -1.73. The largest absolute Gasteiger partial charge is 0.493 e. The van der Waals surface area contributed by atoms with E-state index in [1.54, 1.807) is 12.1 Å². The number of hydrogen-bond donors (Lipinski definition) is 3. The van der Waals surface area contributed by atoms with Gasteiger partial charge in [0, 0.05) is 5.56 Å². The molecule has 0 unspecified atom stereocenters. The van der Waals surface area contributed by atoms with Crippen molar-refractivity contribution in [2.75, 3.05) is 20.7 Å². The second kappa shape index (κ2) is 6.12. The van der Waals surface area contributed by atoms with Crippen LogP contribution < -0.4 is 14.8 Å². The molecule has 0 radical (unpaired) electrons. The topological polar surface area (TPSA) is 88.0 Å². The van der Waals surface area contributed by atoms with Gasteiger partial charge in [-0.05, 0) is 18.2 Å². The molecule has 3 N–H and O–H groups in total. The van der Waals surface area contributed by atoms with Gasteiger partial charge in [0.05, 0.1) is 20.7 Å². The molecule has 1 rings (SSSR count). The average Bonchev–Trinajstić information content (AvgIpc) is 2.34. The monoisotopic (exact) mass is 239 g/mol. The molecule has 92 valence electrons. The van der Waals surface area contributed by atoms with Crippen molar-refractivity contribution < 1.29 is 24.3 Å². The predicted octanol–water partition coefficient (Wildman–Crippen LogP) is -0.554. The SMILES string of the molecule is COc1ccc(C(=O)NCB(O)O)cc1OC. The quantitative estimate of drug-likeness (QED) is 0.600. The summed E-state index contributed by atoms with van der Waals surface area (Å²) in [5.74, 6) is 0.537. The van der Waals surface area contributed by atoms with E-state index in [1.165, 1.54) is 20.3 Å². The highest BCUT2D eigenvalue weighted by atomic mass is 16.5. The van der Waals surface area contributed by atoms with Crippen LogP contribution in [0.1, 0.15) is 10.4 Å². The van der Waals surface area contributed by atoms with Crippen molar-refractivity contribution in [3.05, 3.63) is 23.8 Å². The molecule has 0 heterocycles. The molecule has 0 aliphatic rings. The lowest BCUT2D eigenvalue weighted by Gasteiger charge is -2.09.